The van der Waals surface area contributed by atoms with Crippen LogP contribution in [0.4, 0.5) is 4.39 Å². The molecule has 1 fully saturated rings. The van der Waals surface area contributed by atoms with E-state index in [0.29, 0.717) is 10.2 Å². The Morgan fingerprint density at radius 1 is 1.39 bits per heavy atom. The molecule has 2 rings (SSSR count). The van der Waals surface area contributed by atoms with E-state index in [2.05, 4.69) is 21.2 Å². The number of carbonyl (C=O) groups excluding carboxylic acids is 1. The van der Waals surface area contributed by atoms with E-state index >= 15 is 0 Å². The minimum absolute atomic E-state index is 0.0770. The molecule has 0 saturated heterocycles. The van der Waals surface area contributed by atoms with E-state index in [4.69, 9.17) is 4.74 Å². The van der Waals surface area contributed by atoms with Gasteiger partial charge >= 0.3 is 0 Å². The van der Waals surface area contributed by atoms with Crippen molar-refractivity contribution in [2.75, 3.05) is 6.61 Å². The van der Waals surface area contributed by atoms with Crippen molar-refractivity contribution in [2.45, 2.75) is 31.7 Å². The number of hydrogen-bond acceptors (Lipinski definition) is 2. The van der Waals surface area contributed by atoms with Crippen LogP contribution >= 0.6 is 15.9 Å². The highest BCUT2D eigenvalue weighted by molar-refractivity contribution is 9.10. The van der Waals surface area contributed by atoms with Gasteiger partial charge in [0.25, 0.3) is 5.91 Å². The molecule has 0 aromatic heterocycles. The van der Waals surface area contributed by atoms with E-state index in [0.717, 1.165) is 12.8 Å². The summed E-state index contributed by atoms with van der Waals surface area (Å²) in [5.74, 6) is -0.193. The molecule has 0 unspecified atom stereocenters. The van der Waals surface area contributed by atoms with Crippen molar-refractivity contribution in [2.24, 2.45) is 0 Å². The Morgan fingerprint density at radius 2 is 2.11 bits per heavy atom. The van der Waals surface area contributed by atoms with Gasteiger partial charge < -0.3 is 10.1 Å². The molecule has 5 heteroatoms. The van der Waals surface area contributed by atoms with Crippen molar-refractivity contribution >= 4 is 21.8 Å². The zero-order valence-corrected chi connectivity index (χ0v) is 11.5. The minimum atomic E-state index is -0.393. The van der Waals surface area contributed by atoms with Crippen LogP contribution in [-0.2, 0) is 4.79 Å². The van der Waals surface area contributed by atoms with Crippen LogP contribution in [0.3, 0.4) is 0 Å². The summed E-state index contributed by atoms with van der Waals surface area (Å²) >= 11 is 3.17. The number of carbonyl (C=O) groups is 1. The van der Waals surface area contributed by atoms with Gasteiger partial charge in [-0.3, -0.25) is 4.79 Å². The smallest absolute Gasteiger partial charge is 0.258 e. The average Bonchev–Trinajstić information content (AvgIpc) is 2.78. The number of nitrogens with one attached hydrogen (secondary N) is 1. The largest absolute Gasteiger partial charge is 0.484 e. The van der Waals surface area contributed by atoms with Gasteiger partial charge in [0.1, 0.15) is 11.6 Å². The third kappa shape index (κ3) is 3.98. The van der Waals surface area contributed by atoms with Gasteiger partial charge in [-0.1, -0.05) is 28.8 Å². The predicted octanol–water partition coefficient (Wildman–Crippen LogP) is 3.03. The van der Waals surface area contributed by atoms with Crippen molar-refractivity contribution in [3.05, 3.63) is 28.5 Å². The first kappa shape index (κ1) is 13.3. The van der Waals surface area contributed by atoms with E-state index in [1.807, 2.05) is 0 Å². The second-order valence-electron chi connectivity index (χ2n) is 4.44. The van der Waals surface area contributed by atoms with Crippen LogP contribution in [0.15, 0.2) is 22.7 Å². The molecule has 0 atom stereocenters. The van der Waals surface area contributed by atoms with Crippen LogP contribution in [0.1, 0.15) is 25.7 Å². The molecule has 1 saturated carbocycles. The highest BCUT2D eigenvalue weighted by atomic mass is 79.9. The van der Waals surface area contributed by atoms with Crippen LogP contribution in [0, 0.1) is 5.82 Å². The fourth-order valence-corrected chi connectivity index (χ4v) is 2.54. The van der Waals surface area contributed by atoms with Gasteiger partial charge in [0.15, 0.2) is 6.61 Å². The summed E-state index contributed by atoms with van der Waals surface area (Å²) in [5, 5.41) is 2.91. The number of amides is 1. The molecule has 1 amide bonds. The zero-order valence-electron chi connectivity index (χ0n) is 9.92. The van der Waals surface area contributed by atoms with Gasteiger partial charge in [-0.2, -0.15) is 0 Å². The van der Waals surface area contributed by atoms with Crippen LogP contribution in [0.25, 0.3) is 0 Å². The Labute approximate surface area is 114 Å². The third-order valence-electron chi connectivity index (χ3n) is 2.93. The molecule has 1 aliphatic rings. The first-order valence-electron chi connectivity index (χ1n) is 6.02. The van der Waals surface area contributed by atoms with E-state index < -0.39 is 5.82 Å². The summed E-state index contributed by atoms with van der Waals surface area (Å²) in [4.78, 5) is 11.6. The second kappa shape index (κ2) is 6.18. The molecule has 0 bridgehead atoms. The third-order valence-corrected chi connectivity index (χ3v) is 3.38. The second-order valence-corrected chi connectivity index (χ2v) is 5.36. The molecule has 1 N–H and O–H groups in total. The summed E-state index contributed by atoms with van der Waals surface area (Å²) in [6.07, 6.45) is 4.42. The number of rotatable bonds is 4. The lowest BCUT2D eigenvalue weighted by atomic mass is 10.2. The van der Waals surface area contributed by atoms with Crippen molar-refractivity contribution < 1.29 is 13.9 Å². The summed E-state index contributed by atoms with van der Waals surface area (Å²) in [6.45, 7) is -0.0770. The Bertz CT molecular complexity index is 413. The fraction of sp³-hybridized carbons (Fsp3) is 0.462. The molecule has 18 heavy (non-hydrogen) atoms. The lowest BCUT2D eigenvalue weighted by Crippen LogP contribution is -2.36. The SMILES string of the molecule is O=C(COc1cc(F)cc(Br)c1)NC1CCCC1. The van der Waals surface area contributed by atoms with Gasteiger partial charge in [0, 0.05) is 16.6 Å². The van der Waals surface area contributed by atoms with E-state index in [-0.39, 0.29) is 18.6 Å². The molecule has 1 aromatic rings. The molecular weight excluding hydrogens is 301 g/mol. The molecular formula is C13H15BrFNO2. The lowest BCUT2D eigenvalue weighted by Gasteiger charge is -2.12. The van der Waals surface area contributed by atoms with Crippen LogP contribution in [0.5, 0.6) is 5.75 Å². The number of ether oxygens (including phenoxy) is 1. The minimum Gasteiger partial charge on any atom is -0.484 e. The topological polar surface area (TPSA) is 38.3 Å². The van der Waals surface area contributed by atoms with Crippen molar-refractivity contribution in [1.82, 2.24) is 5.32 Å². The molecule has 0 heterocycles. The normalized spacial score (nSPS) is 15.7. The monoisotopic (exact) mass is 315 g/mol. The summed E-state index contributed by atoms with van der Waals surface area (Å²) in [5.41, 5.74) is 0. The van der Waals surface area contributed by atoms with Gasteiger partial charge in [-0.05, 0) is 25.0 Å². The number of hydrogen-bond donors (Lipinski definition) is 1. The molecule has 98 valence electrons. The van der Waals surface area contributed by atoms with Crippen LogP contribution in [0.2, 0.25) is 0 Å². The van der Waals surface area contributed by atoms with Crippen LogP contribution < -0.4 is 10.1 Å². The van der Waals surface area contributed by atoms with Gasteiger partial charge in [-0.25, -0.2) is 4.39 Å². The standard InChI is InChI=1S/C13H15BrFNO2/c14-9-5-10(15)7-12(6-9)18-8-13(17)16-11-3-1-2-4-11/h5-7,11H,1-4,8H2,(H,16,17). The molecule has 0 radical (unpaired) electrons. The number of halogens is 2. The molecule has 3 nitrogen and oxygen atoms in total. The van der Waals surface area contributed by atoms with E-state index in [1.165, 1.54) is 25.0 Å². The van der Waals surface area contributed by atoms with Crippen molar-refractivity contribution in [3.8, 4) is 5.75 Å². The number of benzene rings is 1. The van der Waals surface area contributed by atoms with Crippen LogP contribution in [-0.4, -0.2) is 18.6 Å². The average molecular weight is 316 g/mol. The fourth-order valence-electron chi connectivity index (χ4n) is 2.10. The van der Waals surface area contributed by atoms with Crippen molar-refractivity contribution in [1.29, 1.82) is 0 Å². The first-order chi connectivity index (χ1) is 8.63. The Morgan fingerprint density at radius 3 is 2.78 bits per heavy atom. The van der Waals surface area contributed by atoms with Gasteiger partial charge in [0.05, 0.1) is 0 Å². The quantitative estimate of drug-likeness (QED) is 0.927. The molecule has 0 aliphatic heterocycles. The van der Waals surface area contributed by atoms with E-state index in [9.17, 15) is 9.18 Å². The predicted molar refractivity (Wildman–Crippen MR) is 70.0 cm³/mol. The molecule has 0 spiro atoms. The summed E-state index contributed by atoms with van der Waals surface area (Å²) in [6, 6.07) is 4.51. The van der Waals surface area contributed by atoms with Gasteiger partial charge in [-0.15, -0.1) is 0 Å². The maximum absolute atomic E-state index is 13.1. The first-order valence-corrected chi connectivity index (χ1v) is 6.81. The summed E-state index contributed by atoms with van der Waals surface area (Å²) < 4.78 is 18.9. The molecule has 1 aromatic carbocycles. The highest BCUT2D eigenvalue weighted by Crippen LogP contribution is 2.21. The van der Waals surface area contributed by atoms with Gasteiger partial charge in [0.2, 0.25) is 0 Å². The maximum atomic E-state index is 13.1. The maximum Gasteiger partial charge on any atom is 0.258 e. The molecule has 1 aliphatic carbocycles. The zero-order chi connectivity index (χ0) is 13.0. The highest BCUT2D eigenvalue weighted by Gasteiger charge is 2.17. The Balaban J connectivity index is 1.81. The summed E-state index contributed by atoms with van der Waals surface area (Å²) in [7, 11) is 0. The van der Waals surface area contributed by atoms with E-state index in [1.54, 1.807) is 6.07 Å². The van der Waals surface area contributed by atoms with Crippen molar-refractivity contribution in [3.63, 3.8) is 0 Å². The lowest BCUT2D eigenvalue weighted by molar-refractivity contribution is -0.123. The Kier molecular flexibility index (Phi) is 4.58. The Hall–Kier alpha value is -1.10.